The van der Waals surface area contributed by atoms with Gasteiger partial charge in [0, 0.05) is 30.7 Å². The topological polar surface area (TPSA) is 83.9 Å². The first-order valence-electron chi connectivity index (χ1n) is 10.5. The van der Waals surface area contributed by atoms with Crippen molar-refractivity contribution in [1.82, 2.24) is 24.8 Å². The van der Waals surface area contributed by atoms with Gasteiger partial charge in [-0.3, -0.25) is 9.78 Å². The van der Waals surface area contributed by atoms with Crippen molar-refractivity contribution < 1.29 is 4.79 Å². The quantitative estimate of drug-likeness (QED) is 0.586. The zero-order valence-corrected chi connectivity index (χ0v) is 18.6. The van der Waals surface area contributed by atoms with Gasteiger partial charge in [0.25, 0.3) is 0 Å². The SMILES string of the molecule is Cc1nc(C=CC(=O)N2CCC(Cc3cnc(Nc4ncccc4C)cn3)CC2)cs1. The molecule has 0 saturated carbocycles. The van der Waals surface area contributed by atoms with Crippen molar-refractivity contribution in [3.8, 4) is 0 Å². The third-order valence-electron chi connectivity index (χ3n) is 5.42. The molecular weight excluding hydrogens is 408 g/mol. The Labute approximate surface area is 186 Å². The Balaban J connectivity index is 1.25. The number of rotatable bonds is 6. The molecule has 7 nitrogen and oxygen atoms in total. The van der Waals surface area contributed by atoms with Gasteiger partial charge in [-0.25, -0.2) is 15.0 Å². The number of pyridine rings is 1. The van der Waals surface area contributed by atoms with Crippen LogP contribution < -0.4 is 5.32 Å². The summed E-state index contributed by atoms with van der Waals surface area (Å²) in [5, 5.41) is 6.18. The summed E-state index contributed by atoms with van der Waals surface area (Å²) < 4.78 is 0. The number of thiazole rings is 1. The molecule has 3 aromatic heterocycles. The second-order valence-corrected chi connectivity index (χ2v) is 8.85. The Morgan fingerprint density at radius 2 is 2.06 bits per heavy atom. The van der Waals surface area contributed by atoms with Crippen LogP contribution in [0.3, 0.4) is 0 Å². The molecule has 4 rings (SSSR count). The second kappa shape index (κ2) is 9.78. The maximum atomic E-state index is 12.4. The molecule has 1 amide bonds. The summed E-state index contributed by atoms with van der Waals surface area (Å²) in [6, 6.07) is 3.91. The number of carbonyl (C=O) groups excluding carboxylic acids is 1. The first-order chi connectivity index (χ1) is 15.1. The minimum absolute atomic E-state index is 0.0594. The Morgan fingerprint density at radius 1 is 1.23 bits per heavy atom. The Bertz CT molecular complexity index is 1050. The maximum Gasteiger partial charge on any atom is 0.246 e. The standard InChI is InChI=1S/C23H26N6OS/c1-16-4-3-9-24-23(16)28-21-14-25-20(13-26-21)12-18-7-10-29(11-8-18)22(30)6-5-19-15-31-17(2)27-19/h3-6,9,13-15,18H,7-8,10-12H2,1-2H3,(H,24,26,28). The lowest BCUT2D eigenvalue weighted by Gasteiger charge is -2.31. The number of hydrogen-bond donors (Lipinski definition) is 1. The van der Waals surface area contributed by atoms with Crippen molar-refractivity contribution in [3.63, 3.8) is 0 Å². The number of carbonyl (C=O) groups is 1. The van der Waals surface area contributed by atoms with Crippen molar-refractivity contribution in [2.24, 2.45) is 5.92 Å². The maximum absolute atomic E-state index is 12.4. The molecule has 1 saturated heterocycles. The van der Waals surface area contributed by atoms with Crippen LogP contribution in [-0.4, -0.2) is 43.8 Å². The summed E-state index contributed by atoms with van der Waals surface area (Å²) in [5.74, 6) is 2.05. The molecule has 4 heterocycles. The number of aryl methyl sites for hydroxylation is 2. The van der Waals surface area contributed by atoms with Crippen molar-refractivity contribution in [3.05, 3.63) is 64.1 Å². The fourth-order valence-electron chi connectivity index (χ4n) is 3.63. The highest BCUT2D eigenvalue weighted by Crippen LogP contribution is 2.22. The number of anilines is 2. The molecule has 0 aromatic carbocycles. The van der Waals surface area contributed by atoms with E-state index in [1.54, 1.807) is 35.9 Å². The van der Waals surface area contributed by atoms with E-state index in [4.69, 9.17) is 0 Å². The van der Waals surface area contributed by atoms with Crippen molar-refractivity contribution >= 4 is 35.0 Å². The van der Waals surface area contributed by atoms with Gasteiger partial charge in [-0.2, -0.15) is 0 Å². The molecule has 31 heavy (non-hydrogen) atoms. The van der Waals surface area contributed by atoms with Gasteiger partial charge in [-0.05, 0) is 56.7 Å². The van der Waals surface area contributed by atoms with E-state index >= 15 is 0 Å². The Morgan fingerprint density at radius 3 is 2.74 bits per heavy atom. The average Bonchev–Trinajstić information content (AvgIpc) is 3.21. The zero-order chi connectivity index (χ0) is 21.6. The Hall–Kier alpha value is -3.13. The lowest BCUT2D eigenvalue weighted by molar-refractivity contribution is -0.127. The zero-order valence-electron chi connectivity index (χ0n) is 17.8. The minimum atomic E-state index is 0.0594. The highest BCUT2D eigenvalue weighted by atomic mass is 32.1. The molecule has 0 spiro atoms. The lowest BCUT2D eigenvalue weighted by atomic mass is 9.92. The molecule has 160 valence electrons. The van der Waals surface area contributed by atoms with Gasteiger partial charge in [0.05, 0.1) is 28.8 Å². The summed E-state index contributed by atoms with van der Waals surface area (Å²) in [4.78, 5) is 32.1. The molecule has 0 bridgehead atoms. The smallest absolute Gasteiger partial charge is 0.246 e. The van der Waals surface area contributed by atoms with E-state index in [9.17, 15) is 4.79 Å². The largest absolute Gasteiger partial charge is 0.339 e. The summed E-state index contributed by atoms with van der Waals surface area (Å²) in [5.41, 5.74) is 2.89. The molecule has 1 aliphatic rings. The number of amides is 1. The van der Waals surface area contributed by atoms with Gasteiger partial charge in [0.15, 0.2) is 0 Å². The highest BCUT2D eigenvalue weighted by Gasteiger charge is 2.22. The molecule has 1 fully saturated rings. The van der Waals surface area contributed by atoms with Crippen LogP contribution in [0.4, 0.5) is 11.6 Å². The number of nitrogens with one attached hydrogen (secondary N) is 1. The van der Waals surface area contributed by atoms with Crippen LogP contribution in [0.25, 0.3) is 6.08 Å². The number of nitrogens with zero attached hydrogens (tertiary/aromatic N) is 5. The van der Waals surface area contributed by atoms with Crippen molar-refractivity contribution in [2.45, 2.75) is 33.1 Å². The third-order valence-corrected chi connectivity index (χ3v) is 6.21. The third kappa shape index (κ3) is 5.73. The second-order valence-electron chi connectivity index (χ2n) is 7.78. The molecular formula is C23H26N6OS. The molecule has 0 aliphatic carbocycles. The fourth-order valence-corrected chi connectivity index (χ4v) is 4.22. The van der Waals surface area contributed by atoms with E-state index in [-0.39, 0.29) is 5.91 Å². The van der Waals surface area contributed by atoms with Gasteiger partial charge in [0.1, 0.15) is 11.6 Å². The number of piperidine rings is 1. The van der Waals surface area contributed by atoms with Crippen LogP contribution >= 0.6 is 11.3 Å². The first-order valence-corrected chi connectivity index (χ1v) is 11.3. The molecule has 0 unspecified atom stereocenters. The van der Waals surface area contributed by atoms with E-state index < -0.39 is 0 Å². The number of likely N-dealkylation sites (tertiary alicyclic amines) is 1. The molecule has 0 atom stereocenters. The van der Waals surface area contributed by atoms with Crippen molar-refractivity contribution in [1.29, 1.82) is 0 Å². The normalized spacial score (nSPS) is 14.8. The van der Waals surface area contributed by atoms with E-state index in [0.717, 1.165) is 60.1 Å². The number of hydrogen-bond acceptors (Lipinski definition) is 7. The summed E-state index contributed by atoms with van der Waals surface area (Å²) in [6.07, 6.45) is 11.6. The fraction of sp³-hybridized carbons (Fsp3) is 0.348. The average molecular weight is 435 g/mol. The first kappa shape index (κ1) is 21.1. The summed E-state index contributed by atoms with van der Waals surface area (Å²) >= 11 is 1.59. The Kier molecular flexibility index (Phi) is 6.66. The number of aromatic nitrogens is 4. The highest BCUT2D eigenvalue weighted by molar-refractivity contribution is 7.09. The van der Waals surface area contributed by atoms with Crippen LogP contribution in [0.15, 0.2) is 42.2 Å². The molecule has 0 radical (unpaired) electrons. The molecule has 1 N–H and O–H groups in total. The predicted octanol–water partition coefficient (Wildman–Crippen LogP) is 4.18. The van der Waals surface area contributed by atoms with Gasteiger partial charge < -0.3 is 10.2 Å². The van der Waals surface area contributed by atoms with E-state index in [1.165, 1.54) is 0 Å². The molecule has 3 aromatic rings. The molecule has 8 heteroatoms. The van der Waals surface area contributed by atoms with Crippen LogP contribution in [0.2, 0.25) is 0 Å². The van der Waals surface area contributed by atoms with E-state index in [1.807, 2.05) is 42.5 Å². The van der Waals surface area contributed by atoms with Crippen LogP contribution in [0, 0.1) is 19.8 Å². The summed E-state index contributed by atoms with van der Waals surface area (Å²) in [7, 11) is 0. The van der Waals surface area contributed by atoms with E-state index in [2.05, 4.69) is 25.3 Å². The van der Waals surface area contributed by atoms with Crippen LogP contribution in [-0.2, 0) is 11.2 Å². The van der Waals surface area contributed by atoms with Gasteiger partial charge in [0.2, 0.25) is 5.91 Å². The van der Waals surface area contributed by atoms with Gasteiger partial charge >= 0.3 is 0 Å². The van der Waals surface area contributed by atoms with E-state index in [0.29, 0.717) is 11.7 Å². The van der Waals surface area contributed by atoms with Crippen LogP contribution in [0.5, 0.6) is 0 Å². The van der Waals surface area contributed by atoms with Gasteiger partial charge in [-0.15, -0.1) is 11.3 Å². The van der Waals surface area contributed by atoms with Crippen LogP contribution in [0.1, 0.15) is 34.8 Å². The molecule has 1 aliphatic heterocycles. The van der Waals surface area contributed by atoms with Crippen molar-refractivity contribution in [2.75, 3.05) is 18.4 Å². The van der Waals surface area contributed by atoms with Gasteiger partial charge in [-0.1, -0.05) is 6.07 Å². The lowest BCUT2D eigenvalue weighted by Crippen LogP contribution is -2.38. The monoisotopic (exact) mass is 434 g/mol. The summed E-state index contributed by atoms with van der Waals surface area (Å²) in [6.45, 7) is 5.51. The predicted molar refractivity (Wildman–Crippen MR) is 123 cm³/mol. The minimum Gasteiger partial charge on any atom is -0.339 e.